The number of rotatable bonds is 1. The number of amides is 1. The Balaban J connectivity index is 2.14. The molecule has 1 aromatic rings. The van der Waals surface area contributed by atoms with Gasteiger partial charge in [-0.1, -0.05) is 36.7 Å². The second-order valence-corrected chi connectivity index (χ2v) is 8.00. The van der Waals surface area contributed by atoms with Gasteiger partial charge in [-0.2, -0.15) is 0 Å². The van der Waals surface area contributed by atoms with Crippen molar-refractivity contribution in [3.63, 3.8) is 0 Å². The molecule has 104 valence electrons. The Morgan fingerprint density at radius 1 is 1.32 bits per heavy atom. The molecule has 1 saturated heterocycles. The lowest BCUT2D eigenvalue weighted by atomic mass is 9.80. The second-order valence-electron chi connectivity index (χ2n) is 6.23. The fourth-order valence-electron chi connectivity index (χ4n) is 2.48. The zero-order valence-electron chi connectivity index (χ0n) is 11.5. The quantitative estimate of drug-likeness (QED) is 0.681. The van der Waals surface area contributed by atoms with E-state index in [1.807, 2.05) is 23.1 Å². The molecule has 1 atom stereocenters. The van der Waals surface area contributed by atoms with Gasteiger partial charge >= 0.3 is 0 Å². The van der Waals surface area contributed by atoms with Gasteiger partial charge < -0.3 is 4.90 Å². The van der Waals surface area contributed by atoms with Crippen LogP contribution in [0, 0.1) is 11.3 Å². The van der Waals surface area contributed by atoms with Gasteiger partial charge in [0.25, 0.3) is 5.91 Å². The number of halogens is 2. The standard InChI is InChI=1S/C15H19Br2NO/c1-15(2,3)10-6-7-18(9-10)14(19)12-5-4-11(16)8-13(12)17/h4-5,8,10H,6-7,9H2,1-3H3. The van der Waals surface area contributed by atoms with Crippen molar-refractivity contribution < 1.29 is 4.79 Å². The van der Waals surface area contributed by atoms with Crippen LogP contribution in [0.25, 0.3) is 0 Å². The van der Waals surface area contributed by atoms with Crippen molar-refractivity contribution >= 4 is 37.8 Å². The summed E-state index contributed by atoms with van der Waals surface area (Å²) in [6, 6.07) is 5.71. The monoisotopic (exact) mass is 387 g/mol. The summed E-state index contributed by atoms with van der Waals surface area (Å²) in [4.78, 5) is 14.5. The van der Waals surface area contributed by atoms with Gasteiger partial charge in [0, 0.05) is 22.0 Å². The van der Waals surface area contributed by atoms with Crippen LogP contribution in [-0.2, 0) is 0 Å². The molecule has 19 heavy (non-hydrogen) atoms. The first kappa shape index (κ1) is 15.0. The number of carbonyl (C=O) groups is 1. The first-order valence-corrected chi connectivity index (χ1v) is 8.12. The Labute approximate surface area is 131 Å². The van der Waals surface area contributed by atoms with Crippen LogP contribution in [0.3, 0.4) is 0 Å². The Hall–Kier alpha value is -0.350. The molecular weight excluding hydrogens is 370 g/mol. The fourth-order valence-corrected chi connectivity index (χ4v) is 3.70. The van der Waals surface area contributed by atoms with E-state index < -0.39 is 0 Å². The van der Waals surface area contributed by atoms with E-state index in [0.717, 1.165) is 34.0 Å². The zero-order chi connectivity index (χ0) is 14.2. The Kier molecular flexibility index (Phi) is 4.41. The summed E-state index contributed by atoms with van der Waals surface area (Å²) in [7, 11) is 0. The number of benzene rings is 1. The number of hydrogen-bond acceptors (Lipinski definition) is 1. The largest absolute Gasteiger partial charge is 0.338 e. The van der Waals surface area contributed by atoms with Crippen molar-refractivity contribution in [2.45, 2.75) is 27.2 Å². The Bertz CT molecular complexity index is 493. The van der Waals surface area contributed by atoms with Crippen molar-refractivity contribution in [2.24, 2.45) is 11.3 Å². The van der Waals surface area contributed by atoms with Crippen LogP contribution >= 0.6 is 31.9 Å². The molecule has 0 spiro atoms. The molecule has 0 aromatic heterocycles. The molecule has 1 fully saturated rings. The minimum Gasteiger partial charge on any atom is -0.338 e. The molecule has 2 rings (SSSR count). The molecule has 0 radical (unpaired) electrons. The van der Waals surface area contributed by atoms with Gasteiger partial charge in [0.05, 0.1) is 5.56 Å². The number of hydrogen-bond donors (Lipinski definition) is 0. The van der Waals surface area contributed by atoms with E-state index in [4.69, 9.17) is 0 Å². The summed E-state index contributed by atoms with van der Waals surface area (Å²) in [5.41, 5.74) is 1.02. The maximum absolute atomic E-state index is 12.5. The predicted molar refractivity (Wildman–Crippen MR) is 85.3 cm³/mol. The third-order valence-electron chi connectivity index (χ3n) is 3.86. The molecule has 1 heterocycles. The van der Waals surface area contributed by atoms with Gasteiger partial charge in [-0.3, -0.25) is 4.79 Å². The van der Waals surface area contributed by atoms with Gasteiger partial charge in [0.2, 0.25) is 0 Å². The topological polar surface area (TPSA) is 20.3 Å². The highest BCUT2D eigenvalue weighted by Crippen LogP contribution is 2.34. The Morgan fingerprint density at radius 2 is 2.00 bits per heavy atom. The van der Waals surface area contributed by atoms with Gasteiger partial charge in [0.15, 0.2) is 0 Å². The van der Waals surface area contributed by atoms with Gasteiger partial charge in [-0.05, 0) is 51.9 Å². The zero-order valence-corrected chi connectivity index (χ0v) is 14.7. The molecule has 1 unspecified atom stereocenters. The maximum atomic E-state index is 12.5. The normalized spacial score (nSPS) is 19.8. The lowest BCUT2D eigenvalue weighted by Crippen LogP contribution is -2.31. The highest BCUT2D eigenvalue weighted by Gasteiger charge is 2.34. The summed E-state index contributed by atoms with van der Waals surface area (Å²) in [5.74, 6) is 0.719. The van der Waals surface area contributed by atoms with Gasteiger partial charge in [-0.15, -0.1) is 0 Å². The lowest BCUT2D eigenvalue weighted by molar-refractivity contribution is 0.0775. The summed E-state index contributed by atoms with van der Waals surface area (Å²) in [6.45, 7) is 8.48. The van der Waals surface area contributed by atoms with Crippen LogP contribution < -0.4 is 0 Å². The number of nitrogens with zero attached hydrogens (tertiary/aromatic N) is 1. The van der Waals surface area contributed by atoms with Gasteiger partial charge in [0.1, 0.15) is 0 Å². The predicted octanol–water partition coefficient (Wildman–Crippen LogP) is 4.72. The van der Waals surface area contributed by atoms with Crippen LogP contribution in [0.2, 0.25) is 0 Å². The third kappa shape index (κ3) is 3.40. The minimum atomic E-state index is 0.131. The average Bonchev–Trinajstić information content (AvgIpc) is 2.76. The second kappa shape index (κ2) is 5.57. The molecule has 0 aliphatic carbocycles. The summed E-state index contributed by atoms with van der Waals surface area (Å²) in [6.07, 6.45) is 1.10. The fraction of sp³-hybridized carbons (Fsp3) is 0.533. The van der Waals surface area contributed by atoms with Crippen molar-refractivity contribution in [1.82, 2.24) is 4.90 Å². The molecule has 4 heteroatoms. The third-order valence-corrected chi connectivity index (χ3v) is 5.01. The van der Waals surface area contributed by atoms with Crippen LogP contribution in [0.1, 0.15) is 37.6 Å². The average molecular weight is 389 g/mol. The highest BCUT2D eigenvalue weighted by molar-refractivity contribution is 9.11. The summed E-state index contributed by atoms with van der Waals surface area (Å²) < 4.78 is 1.83. The van der Waals surface area contributed by atoms with Gasteiger partial charge in [-0.25, -0.2) is 0 Å². The molecule has 1 aromatic carbocycles. The molecule has 1 aliphatic rings. The van der Waals surface area contributed by atoms with E-state index in [-0.39, 0.29) is 11.3 Å². The molecule has 0 N–H and O–H groups in total. The highest BCUT2D eigenvalue weighted by atomic mass is 79.9. The first-order chi connectivity index (χ1) is 8.79. The van der Waals surface area contributed by atoms with Crippen LogP contribution in [0.5, 0.6) is 0 Å². The summed E-state index contributed by atoms with van der Waals surface area (Å²) in [5, 5.41) is 0. The Morgan fingerprint density at radius 3 is 2.53 bits per heavy atom. The number of carbonyl (C=O) groups excluding carboxylic acids is 1. The number of likely N-dealkylation sites (tertiary alicyclic amines) is 1. The lowest BCUT2D eigenvalue weighted by Gasteiger charge is -2.27. The van der Waals surface area contributed by atoms with E-state index in [9.17, 15) is 4.79 Å². The van der Waals surface area contributed by atoms with E-state index in [0.29, 0.717) is 5.92 Å². The van der Waals surface area contributed by atoms with Crippen molar-refractivity contribution in [3.05, 3.63) is 32.7 Å². The molecule has 1 amide bonds. The van der Waals surface area contributed by atoms with Crippen molar-refractivity contribution in [1.29, 1.82) is 0 Å². The SMILES string of the molecule is CC(C)(C)C1CCN(C(=O)c2ccc(Br)cc2Br)C1. The van der Waals surface area contributed by atoms with E-state index >= 15 is 0 Å². The van der Waals surface area contributed by atoms with Crippen molar-refractivity contribution in [3.8, 4) is 0 Å². The molecule has 1 aliphatic heterocycles. The maximum Gasteiger partial charge on any atom is 0.255 e. The molecular formula is C15H19Br2NO. The van der Waals surface area contributed by atoms with E-state index in [1.165, 1.54) is 0 Å². The van der Waals surface area contributed by atoms with Crippen molar-refractivity contribution in [2.75, 3.05) is 13.1 Å². The smallest absolute Gasteiger partial charge is 0.255 e. The van der Waals surface area contributed by atoms with Crippen LogP contribution in [0.15, 0.2) is 27.1 Å². The summed E-state index contributed by atoms with van der Waals surface area (Å²) >= 11 is 6.88. The van der Waals surface area contributed by atoms with E-state index in [2.05, 4.69) is 52.6 Å². The van der Waals surface area contributed by atoms with E-state index in [1.54, 1.807) is 0 Å². The van der Waals surface area contributed by atoms with Crippen LogP contribution in [0.4, 0.5) is 0 Å². The minimum absolute atomic E-state index is 0.131. The molecule has 0 bridgehead atoms. The van der Waals surface area contributed by atoms with Crippen LogP contribution in [-0.4, -0.2) is 23.9 Å². The molecule has 2 nitrogen and oxygen atoms in total. The molecule has 0 saturated carbocycles. The first-order valence-electron chi connectivity index (χ1n) is 6.53.